The van der Waals surface area contributed by atoms with Crippen molar-refractivity contribution in [1.82, 2.24) is 4.98 Å². The lowest BCUT2D eigenvalue weighted by Gasteiger charge is -2.21. The Hall–Kier alpha value is -3.38. The van der Waals surface area contributed by atoms with Crippen LogP contribution >= 0.6 is 11.6 Å². The molecule has 3 aromatic carbocycles. The molecule has 2 atom stereocenters. The molecule has 0 aliphatic carbocycles. The fraction of sp³-hybridized carbons (Fsp3) is 0.174. The highest BCUT2D eigenvalue weighted by molar-refractivity contribution is 6.19. The van der Waals surface area contributed by atoms with Gasteiger partial charge in [-0.15, -0.1) is 11.6 Å². The largest absolute Gasteiger partial charge is 0.507 e. The fourth-order valence-electron chi connectivity index (χ4n) is 4.54. The fourth-order valence-corrected chi connectivity index (χ4v) is 4.79. The van der Waals surface area contributed by atoms with E-state index in [9.17, 15) is 9.90 Å². The van der Waals surface area contributed by atoms with Crippen LogP contribution in [0.3, 0.4) is 0 Å². The molecule has 2 N–H and O–H groups in total. The molecule has 6 nitrogen and oxygen atoms in total. The maximum atomic E-state index is 13.4. The Morgan fingerprint density at radius 3 is 2.80 bits per heavy atom. The molecule has 30 heavy (non-hydrogen) atoms. The minimum atomic E-state index is -1.09. The number of halogens is 1. The molecule has 4 aromatic rings. The van der Waals surface area contributed by atoms with Crippen LogP contribution in [0, 0.1) is 0 Å². The van der Waals surface area contributed by atoms with E-state index in [-0.39, 0.29) is 17.6 Å². The number of benzene rings is 3. The van der Waals surface area contributed by atoms with E-state index in [2.05, 4.69) is 4.98 Å². The van der Waals surface area contributed by atoms with E-state index >= 15 is 0 Å². The van der Waals surface area contributed by atoms with Gasteiger partial charge in [0.2, 0.25) is 0 Å². The molecule has 1 aromatic heterocycles. The van der Waals surface area contributed by atoms with Crippen LogP contribution in [0.25, 0.3) is 21.7 Å². The maximum absolute atomic E-state index is 13.4. The van der Waals surface area contributed by atoms with Crippen LogP contribution in [0.4, 0.5) is 5.69 Å². The SMILES string of the molecule is O=C(C1Oc2ccc3[nH]ccc3c2O1)N1CC(CCl)c2c1cc(O)c1ccccc21. The molecule has 7 heteroatoms. The van der Waals surface area contributed by atoms with Crippen molar-refractivity contribution in [3.63, 3.8) is 0 Å². The molecule has 3 heterocycles. The Morgan fingerprint density at radius 2 is 1.97 bits per heavy atom. The molecular formula is C23H17ClN2O4. The first-order valence-corrected chi connectivity index (χ1v) is 10.2. The molecule has 1 amide bonds. The summed E-state index contributed by atoms with van der Waals surface area (Å²) in [5.74, 6) is 1.22. The minimum absolute atomic E-state index is 0.0451. The summed E-state index contributed by atoms with van der Waals surface area (Å²) in [6, 6.07) is 14.8. The van der Waals surface area contributed by atoms with Crippen molar-refractivity contribution in [3.05, 3.63) is 60.3 Å². The van der Waals surface area contributed by atoms with Gasteiger partial charge in [0.05, 0.1) is 5.69 Å². The number of anilines is 1. The van der Waals surface area contributed by atoms with Crippen LogP contribution in [0.5, 0.6) is 17.2 Å². The van der Waals surface area contributed by atoms with Crippen LogP contribution in [0.2, 0.25) is 0 Å². The highest BCUT2D eigenvalue weighted by Crippen LogP contribution is 2.47. The van der Waals surface area contributed by atoms with Crippen LogP contribution in [-0.2, 0) is 4.79 Å². The second kappa shape index (κ2) is 6.31. The van der Waals surface area contributed by atoms with Crippen molar-refractivity contribution in [2.75, 3.05) is 17.3 Å². The average molecular weight is 421 g/mol. The summed E-state index contributed by atoms with van der Waals surface area (Å²) in [5.41, 5.74) is 2.53. The number of amides is 1. The van der Waals surface area contributed by atoms with Crippen molar-refractivity contribution in [2.45, 2.75) is 12.2 Å². The smallest absolute Gasteiger partial charge is 0.322 e. The van der Waals surface area contributed by atoms with Crippen molar-refractivity contribution >= 4 is 44.9 Å². The number of hydrogen-bond donors (Lipinski definition) is 2. The van der Waals surface area contributed by atoms with E-state index < -0.39 is 6.29 Å². The number of hydrogen-bond acceptors (Lipinski definition) is 4. The van der Waals surface area contributed by atoms with Gasteiger partial charge < -0.3 is 24.5 Å². The average Bonchev–Trinajstić information content (AvgIpc) is 3.48. The zero-order valence-electron chi connectivity index (χ0n) is 15.8. The van der Waals surface area contributed by atoms with Crippen LogP contribution in [0.15, 0.2) is 54.7 Å². The third kappa shape index (κ3) is 2.34. The van der Waals surface area contributed by atoms with Gasteiger partial charge in [-0.25, -0.2) is 0 Å². The number of carbonyl (C=O) groups excluding carboxylic acids is 1. The van der Waals surface area contributed by atoms with Gasteiger partial charge in [0.25, 0.3) is 0 Å². The van der Waals surface area contributed by atoms with Gasteiger partial charge in [-0.1, -0.05) is 24.3 Å². The number of fused-ring (bicyclic) bond motifs is 6. The molecule has 0 spiro atoms. The number of nitrogens with zero attached hydrogens (tertiary/aromatic N) is 1. The second-order valence-electron chi connectivity index (χ2n) is 7.57. The zero-order chi connectivity index (χ0) is 20.4. The number of ether oxygens (including phenoxy) is 2. The van der Waals surface area contributed by atoms with E-state index in [4.69, 9.17) is 21.1 Å². The van der Waals surface area contributed by atoms with Crippen molar-refractivity contribution in [1.29, 1.82) is 0 Å². The van der Waals surface area contributed by atoms with Crippen molar-refractivity contribution in [3.8, 4) is 17.2 Å². The Kier molecular flexibility index (Phi) is 3.67. The third-order valence-electron chi connectivity index (χ3n) is 5.91. The molecule has 0 bridgehead atoms. The molecule has 2 unspecified atom stereocenters. The van der Waals surface area contributed by atoms with Crippen molar-refractivity contribution in [2.24, 2.45) is 0 Å². The van der Waals surface area contributed by atoms with Gasteiger partial charge in [-0.3, -0.25) is 4.79 Å². The van der Waals surface area contributed by atoms with Gasteiger partial charge >= 0.3 is 12.2 Å². The van der Waals surface area contributed by atoms with Crippen LogP contribution in [-0.4, -0.2) is 34.7 Å². The number of aromatic hydroxyl groups is 1. The number of carbonyl (C=O) groups is 1. The van der Waals surface area contributed by atoms with E-state index in [0.717, 1.165) is 27.2 Å². The number of phenolic OH excluding ortho intramolecular Hbond substituents is 1. The van der Waals surface area contributed by atoms with E-state index in [1.54, 1.807) is 17.0 Å². The minimum Gasteiger partial charge on any atom is -0.507 e. The molecule has 0 fully saturated rings. The van der Waals surface area contributed by atoms with Gasteiger partial charge in [0.15, 0.2) is 11.5 Å². The highest BCUT2D eigenvalue weighted by Gasteiger charge is 2.41. The summed E-state index contributed by atoms with van der Waals surface area (Å²) in [6.45, 7) is 0.407. The standard InChI is InChI=1S/C23H17ClN2O4/c24-10-12-11-26(17-9-18(27)13-3-1-2-4-14(13)20(12)17)22(28)23-29-19-6-5-16-15(7-8-25-16)21(19)30-23/h1-9,12,23,25,27H,10-11H2. The Balaban J connectivity index is 1.40. The predicted molar refractivity (Wildman–Crippen MR) is 115 cm³/mol. The zero-order valence-corrected chi connectivity index (χ0v) is 16.5. The van der Waals surface area contributed by atoms with Crippen molar-refractivity contribution < 1.29 is 19.4 Å². The topological polar surface area (TPSA) is 74.8 Å². The molecular weight excluding hydrogens is 404 g/mol. The molecule has 0 saturated carbocycles. The molecule has 150 valence electrons. The number of nitrogens with one attached hydrogen (secondary N) is 1. The summed E-state index contributed by atoms with van der Waals surface area (Å²) in [6.07, 6.45) is 0.732. The number of aromatic amines is 1. The van der Waals surface area contributed by atoms with E-state index in [1.165, 1.54) is 0 Å². The Bertz CT molecular complexity index is 1330. The highest BCUT2D eigenvalue weighted by atomic mass is 35.5. The van der Waals surface area contributed by atoms with E-state index in [0.29, 0.717) is 29.6 Å². The second-order valence-corrected chi connectivity index (χ2v) is 7.88. The number of phenols is 1. The lowest BCUT2D eigenvalue weighted by Crippen LogP contribution is -2.43. The van der Waals surface area contributed by atoms with E-state index in [1.807, 2.05) is 42.6 Å². The van der Waals surface area contributed by atoms with Gasteiger partial charge in [0.1, 0.15) is 5.75 Å². The summed E-state index contributed by atoms with van der Waals surface area (Å²) in [7, 11) is 0. The normalized spacial score (nSPS) is 19.6. The number of H-pyrrole nitrogens is 1. The molecule has 0 saturated heterocycles. The van der Waals surface area contributed by atoms with Gasteiger partial charge in [-0.2, -0.15) is 0 Å². The lowest BCUT2D eigenvalue weighted by molar-refractivity contribution is -0.133. The van der Waals surface area contributed by atoms with Crippen LogP contribution < -0.4 is 14.4 Å². The summed E-state index contributed by atoms with van der Waals surface area (Å²) >= 11 is 6.26. The third-order valence-corrected chi connectivity index (χ3v) is 6.28. The van der Waals surface area contributed by atoms with Crippen LogP contribution in [0.1, 0.15) is 11.5 Å². The number of rotatable bonds is 2. The quantitative estimate of drug-likeness (QED) is 0.468. The molecule has 2 aliphatic heterocycles. The first-order valence-electron chi connectivity index (χ1n) is 9.71. The Labute approximate surface area is 176 Å². The number of aromatic nitrogens is 1. The molecule has 2 aliphatic rings. The first kappa shape index (κ1) is 17.5. The summed E-state index contributed by atoms with van der Waals surface area (Å²) in [5, 5.41) is 13.1. The van der Waals surface area contributed by atoms with Gasteiger partial charge in [-0.05, 0) is 29.1 Å². The first-order chi connectivity index (χ1) is 14.7. The summed E-state index contributed by atoms with van der Waals surface area (Å²) in [4.78, 5) is 18.1. The number of alkyl halides is 1. The molecule has 6 rings (SSSR count). The monoisotopic (exact) mass is 420 g/mol. The lowest BCUT2D eigenvalue weighted by atomic mass is 9.95. The Morgan fingerprint density at radius 1 is 1.13 bits per heavy atom. The maximum Gasteiger partial charge on any atom is 0.322 e. The molecule has 0 radical (unpaired) electrons. The predicted octanol–water partition coefficient (Wildman–Crippen LogP) is 4.49. The van der Waals surface area contributed by atoms with Gasteiger partial charge in [0, 0.05) is 46.9 Å². The summed E-state index contributed by atoms with van der Waals surface area (Å²) < 4.78 is 11.8.